The number of fused-ring (bicyclic) bond motifs is 1. The summed E-state index contributed by atoms with van der Waals surface area (Å²) < 4.78 is 0. The SMILES string of the molecule is CC(C)c1cc(N)c2cc(N)ccc2n1. The normalized spacial score (nSPS) is 11.1. The number of nitrogens with two attached hydrogens (primary N) is 2. The zero-order valence-corrected chi connectivity index (χ0v) is 8.99. The zero-order valence-electron chi connectivity index (χ0n) is 8.99. The molecule has 2 rings (SSSR count). The van der Waals surface area contributed by atoms with Crippen molar-refractivity contribution in [2.24, 2.45) is 0 Å². The number of hydrogen-bond donors (Lipinski definition) is 2. The minimum Gasteiger partial charge on any atom is -0.399 e. The molecule has 0 aliphatic carbocycles. The molecule has 3 heteroatoms. The predicted molar refractivity (Wildman–Crippen MR) is 64.7 cm³/mol. The van der Waals surface area contributed by atoms with Gasteiger partial charge in [-0.1, -0.05) is 13.8 Å². The van der Waals surface area contributed by atoms with E-state index >= 15 is 0 Å². The fourth-order valence-corrected chi connectivity index (χ4v) is 1.59. The van der Waals surface area contributed by atoms with Crippen molar-refractivity contribution in [3.8, 4) is 0 Å². The molecule has 78 valence electrons. The van der Waals surface area contributed by atoms with Crippen LogP contribution in [0, 0.1) is 0 Å². The van der Waals surface area contributed by atoms with Crippen LogP contribution < -0.4 is 11.5 Å². The summed E-state index contributed by atoms with van der Waals surface area (Å²) in [6.07, 6.45) is 0. The highest BCUT2D eigenvalue weighted by Gasteiger charge is 2.06. The first kappa shape index (κ1) is 9.77. The molecule has 0 atom stereocenters. The van der Waals surface area contributed by atoms with Crippen LogP contribution in [0.1, 0.15) is 25.5 Å². The van der Waals surface area contributed by atoms with Crippen LogP contribution in [0.25, 0.3) is 10.9 Å². The van der Waals surface area contributed by atoms with Gasteiger partial charge >= 0.3 is 0 Å². The van der Waals surface area contributed by atoms with E-state index in [4.69, 9.17) is 11.5 Å². The van der Waals surface area contributed by atoms with Crippen LogP contribution in [-0.4, -0.2) is 4.98 Å². The monoisotopic (exact) mass is 201 g/mol. The Hall–Kier alpha value is -1.77. The number of hydrogen-bond acceptors (Lipinski definition) is 3. The molecule has 0 bridgehead atoms. The topological polar surface area (TPSA) is 64.9 Å². The Morgan fingerprint density at radius 1 is 1.13 bits per heavy atom. The number of pyridine rings is 1. The van der Waals surface area contributed by atoms with Crippen molar-refractivity contribution in [2.45, 2.75) is 19.8 Å². The molecule has 2 aromatic rings. The van der Waals surface area contributed by atoms with Crippen LogP contribution in [0.3, 0.4) is 0 Å². The van der Waals surface area contributed by atoms with Gasteiger partial charge in [-0.15, -0.1) is 0 Å². The van der Waals surface area contributed by atoms with Gasteiger partial charge in [-0.3, -0.25) is 4.98 Å². The van der Waals surface area contributed by atoms with Gasteiger partial charge in [0.05, 0.1) is 5.52 Å². The van der Waals surface area contributed by atoms with Crippen LogP contribution in [0.4, 0.5) is 11.4 Å². The van der Waals surface area contributed by atoms with E-state index < -0.39 is 0 Å². The van der Waals surface area contributed by atoms with Crippen LogP contribution in [0.2, 0.25) is 0 Å². The van der Waals surface area contributed by atoms with E-state index in [-0.39, 0.29) is 0 Å². The third-order valence-electron chi connectivity index (χ3n) is 2.48. The average Bonchev–Trinajstić information content (AvgIpc) is 2.18. The van der Waals surface area contributed by atoms with Gasteiger partial charge in [0, 0.05) is 22.5 Å². The highest BCUT2D eigenvalue weighted by molar-refractivity contribution is 5.92. The fourth-order valence-electron chi connectivity index (χ4n) is 1.59. The maximum Gasteiger partial charge on any atom is 0.0727 e. The number of nitrogens with zero attached hydrogens (tertiary/aromatic N) is 1. The summed E-state index contributed by atoms with van der Waals surface area (Å²) in [4.78, 5) is 4.54. The number of anilines is 2. The molecule has 1 aromatic carbocycles. The first-order chi connectivity index (χ1) is 7.08. The molecule has 1 heterocycles. The van der Waals surface area contributed by atoms with Gasteiger partial charge < -0.3 is 11.5 Å². The molecule has 15 heavy (non-hydrogen) atoms. The lowest BCUT2D eigenvalue weighted by molar-refractivity contribution is 0.830. The molecule has 4 N–H and O–H groups in total. The third-order valence-corrected chi connectivity index (χ3v) is 2.48. The van der Waals surface area contributed by atoms with Crippen molar-refractivity contribution < 1.29 is 0 Å². The zero-order chi connectivity index (χ0) is 11.0. The van der Waals surface area contributed by atoms with E-state index in [0.717, 1.165) is 22.3 Å². The smallest absolute Gasteiger partial charge is 0.0727 e. The van der Waals surface area contributed by atoms with Crippen molar-refractivity contribution in [1.29, 1.82) is 0 Å². The highest BCUT2D eigenvalue weighted by Crippen LogP contribution is 2.25. The Morgan fingerprint density at radius 2 is 1.87 bits per heavy atom. The molecular formula is C12H15N3. The molecule has 0 saturated heterocycles. The highest BCUT2D eigenvalue weighted by atomic mass is 14.7. The largest absolute Gasteiger partial charge is 0.399 e. The lowest BCUT2D eigenvalue weighted by Crippen LogP contribution is -1.98. The quantitative estimate of drug-likeness (QED) is 0.697. The molecule has 3 nitrogen and oxygen atoms in total. The minimum atomic E-state index is 0.384. The third kappa shape index (κ3) is 1.73. The van der Waals surface area contributed by atoms with E-state index in [1.807, 2.05) is 24.3 Å². The fraction of sp³-hybridized carbons (Fsp3) is 0.250. The number of rotatable bonds is 1. The Kier molecular flexibility index (Phi) is 2.23. The van der Waals surface area contributed by atoms with Crippen molar-refractivity contribution in [3.05, 3.63) is 30.0 Å². The summed E-state index contributed by atoms with van der Waals surface area (Å²) >= 11 is 0. The first-order valence-electron chi connectivity index (χ1n) is 5.03. The first-order valence-corrected chi connectivity index (χ1v) is 5.03. The molecule has 0 unspecified atom stereocenters. The van der Waals surface area contributed by atoms with E-state index in [9.17, 15) is 0 Å². The summed E-state index contributed by atoms with van der Waals surface area (Å²) in [5.41, 5.74) is 15.1. The van der Waals surface area contributed by atoms with Crippen molar-refractivity contribution in [3.63, 3.8) is 0 Å². The van der Waals surface area contributed by atoms with Crippen molar-refractivity contribution in [1.82, 2.24) is 4.98 Å². The van der Waals surface area contributed by atoms with Crippen molar-refractivity contribution >= 4 is 22.3 Å². The van der Waals surface area contributed by atoms with E-state index in [0.29, 0.717) is 11.6 Å². The van der Waals surface area contributed by atoms with E-state index in [1.54, 1.807) is 0 Å². The van der Waals surface area contributed by atoms with Gasteiger partial charge in [-0.25, -0.2) is 0 Å². The maximum atomic E-state index is 5.97. The van der Waals surface area contributed by atoms with Gasteiger partial charge in [0.25, 0.3) is 0 Å². The summed E-state index contributed by atoms with van der Waals surface area (Å²) in [7, 11) is 0. The molecule has 0 fully saturated rings. The molecule has 0 spiro atoms. The molecule has 0 radical (unpaired) electrons. The summed E-state index contributed by atoms with van der Waals surface area (Å²) in [5.74, 6) is 0.384. The van der Waals surface area contributed by atoms with E-state index in [1.165, 1.54) is 0 Å². The second-order valence-corrected chi connectivity index (χ2v) is 4.07. The Balaban J connectivity index is 2.73. The van der Waals surface area contributed by atoms with Crippen LogP contribution in [0.5, 0.6) is 0 Å². The van der Waals surface area contributed by atoms with E-state index in [2.05, 4.69) is 18.8 Å². The van der Waals surface area contributed by atoms with Crippen LogP contribution in [0.15, 0.2) is 24.3 Å². The van der Waals surface area contributed by atoms with Gasteiger partial charge in [0.15, 0.2) is 0 Å². The second kappa shape index (κ2) is 3.42. The average molecular weight is 201 g/mol. The van der Waals surface area contributed by atoms with Gasteiger partial charge in [0.1, 0.15) is 0 Å². The van der Waals surface area contributed by atoms with Crippen molar-refractivity contribution in [2.75, 3.05) is 11.5 Å². The summed E-state index contributed by atoms with van der Waals surface area (Å²) in [6, 6.07) is 7.54. The molecular weight excluding hydrogens is 186 g/mol. The predicted octanol–water partition coefficient (Wildman–Crippen LogP) is 2.52. The Morgan fingerprint density at radius 3 is 2.53 bits per heavy atom. The molecule has 1 aromatic heterocycles. The van der Waals surface area contributed by atoms with Gasteiger partial charge in [0.2, 0.25) is 0 Å². The van der Waals surface area contributed by atoms with Gasteiger partial charge in [-0.2, -0.15) is 0 Å². The summed E-state index contributed by atoms with van der Waals surface area (Å²) in [6.45, 7) is 4.20. The Labute approximate surface area is 89.1 Å². The molecule has 0 saturated carbocycles. The lowest BCUT2D eigenvalue weighted by atomic mass is 10.1. The molecule has 0 aliphatic heterocycles. The van der Waals surface area contributed by atoms with Crippen LogP contribution >= 0.6 is 0 Å². The second-order valence-electron chi connectivity index (χ2n) is 4.07. The maximum absolute atomic E-state index is 5.97. The lowest BCUT2D eigenvalue weighted by Gasteiger charge is -2.09. The number of aromatic nitrogens is 1. The molecule has 0 aliphatic rings. The summed E-state index contributed by atoms with van der Waals surface area (Å²) in [5, 5.41) is 0.930. The number of nitrogen functional groups attached to an aromatic ring is 2. The standard InChI is InChI=1S/C12H15N3/c1-7(2)12-6-10(14)9-5-8(13)3-4-11(9)15-12/h3-7H,13H2,1-2H3,(H2,14,15). The molecule has 0 amide bonds. The van der Waals surface area contributed by atoms with Gasteiger partial charge in [-0.05, 0) is 30.2 Å². The minimum absolute atomic E-state index is 0.384. The Bertz CT molecular complexity index is 503. The van der Waals surface area contributed by atoms with Crippen LogP contribution in [-0.2, 0) is 0 Å². The number of benzene rings is 1.